The van der Waals surface area contributed by atoms with Crippen LogP contribution in [0.1, 0.15) is 27.0 Å². The summed E-state index contributed by atoms with van der Waals surface area (Å²) >= 11 is 5.86. The van der Waals surface area contributed by atoms with Crippen LogP contribution in [0.25, 0.3) is 0 Å². The summed E-state index contributed by atoms with van der Waals surface area (Å²) < 4.78 is 1.52. The number of hydrogen-bond donors (Lipinski definition) is 2. The van der Waals surface area contributed by atoms with Crippen molar-refractivity contribution in [2.24, 2.45) is 0 Å². The van der Waals surface area contributed by atoms with E-state index in [9.17, 15) is 9.59 Å². The third kappa shape index (κ3) is 5.88. The van der Waals surface area contributed by atoms with Gasteiger partial charge in [0, 0.05) is 15.7 Å². The van der Waals surface area contributed by atoms with Crippen molar-refractivity contribution in [3.8, 4) is 0 Å². The van der Waals surface area contributed by atoms with Gasteiger partial charge in [0.2, 0.25) is 11.0 Å². The van der Waals surface area contributed by atoms with Crippen LogP contribution < -0.4 is 10.6 Å². The summed E-state index contributed by atoms with van der Waals surface area (Å²) in [6.45, 7) is 5.99. The number of aryl methyl sites for hydroxylation is 3. The topological polar surface area (TPSA) is 84.0 Å². The van der Waals surface area contributed by atoms with E-state index in [0.29, 0.717) is 15.0 Å². The molecule has 0 aliphatic carbocycles. The molecule has 0 spiro atoms. The molecule has 0 radical (unpaired) electrons. The van der Waals surface area contributed by atoms with Crippen molar-refractivity contribution in [1.29, 1.82) is 0 Å². The Balaban J connectivity index is 1.54. The largest absolute Gasteiger partial charge is 0.325 e. The Kier molecular flexibility index (Phi) is 7.05. The zero-order chi connectivity index (χ0) is 21.0. The van der Waals surface area contributed by atoms with Crippen molar-refractivity contribution in [2.45, 2.75) is 25.1 Å². The number of nitrogens with one attached hydrogen (secondary N) is 2. The van der Waals surface area contributed by atoms with Gasteiger partial charge in [-0.05, 0) is 56.2 Å². The van der Waals surface area contributed by atoms with Gasteiger partial charge in [-0.15, -0.1) is 10.2 Å². The summed E-state index contributed by atoms with van der Waals surface area (Å²) in [7, 11) is 0. The molecule has 0 saturated carbocycles. The molecule has 0 unspecified atom stereocenters. The molecule has 0 aliphatic rings. The second kappa shape index (κ2) is 9.51. The summed E-state index contributed by atoms with van der Waals surface area (Å²) in [6, 6.07) is 11.1. The van der Waals surface area contributed by atoms with E-state index in [0.717, 1.165) is 21.3 Å². The normalized spacial score (nSPS) is 10.6. The van der Waals surface area contributed by atoms with Crippen LogP contribution in [0.2, 0.25) is 0 Å². The molecule has 0 saturated heterocycles. The SMILES string of the molecule is Cc1cc(C)c(NC(=O)CSc2nnc(NC(=O)c3ccc(Br)cc3)s2)c(C)c1. The number of carbonyl (C=O) groups excluding carboxylic acids is 2. The highest BCUT2D eigenvalue weighted by molar-refractivity contribution is 9.10. The molecule has 2 N–H and O–H groups in total. The maximum absolute atomic E-state index is 12.3. The van der Waals surface area contributed by atoms with Crippen molar-refractivity contribution in [3.63, 3.8) is 0 Å². The van der Waals surface area contributed by atoms with Crippen LogP contribution in [0.5, 0.6) is 0 Å². The number of hydrogen-bond acceptors (Lipinski definition) is 6. The monoisotopic (exact) mass is 490 g/mol. The summed E-state index contributed by atoms with van der Waals surface area (Å²) in [5.74, 6) is -0.156. The molecule has 2 amide bonds. The van der Waals surface area contributed by atoms with Crippen molar-refractivity contribution >= 4 is 61.7 Å². The lowest BCUT2D eigenvalue weighted by molar-refractivity contribution is -0.113. The van der Waals surface area contributed by atoms with Gasteiger partial charge >= 0.3 is 0 Å². The molecule has 6 nitrogen and oxygen atoms in total. The summed E-state index contributed by atoms with van der Waals surface area (Å²) in [4.78, 5) is 24.6. The van der Waals surface area contributed by atoms with E-state index in [4.69, 9.17) is 0 Å². The predicted octanol–water partition coefficient (Wildman–Crippen LogP) is 5.21. The Hall–Kier alpha value is -2.23. The van der Waals surface area contributed by atoms with Gasteiger partial charge in [0.15, 0.2) is 4.34 Å². The maximum atomic E-state index is 12.3. The number of rotatable bonds is 6. The van der Waals surface area contributed by atoms with Crippen LogP contribution in [0.4, 0.5) is 10.8 Å². The minimum atomic E-state index is -0.256. The molecule has 0 bridgehead atoms. The van der Waals surface area contributed by atoms with Gasteiger partial charge in [0.25, 0.3) is 5.91 Å². The summed E-state index contributed by atoms with van der Waals surface area (Å²) in [5, 5.41) is 14.1. The molecule has 29 heavy (non-hydrogen) atoms. The van der Waals surface area contributed by atoms with E-state index in [2.05, 4.69) is 36.8 Å². The summed E-state index contributed by atoms with van der Waals surface area (Å²) in [6.07, 6.45) is 0. The first-order chi connectivity index (χ1) is 13.8. The standard InChI is InChI=1S/C20H19BrN4O2S2/c1-11-8-12(2)17(13(3)9-11)22-16(26)10-28-20-25-24-19(29-20)23-18(27)14-4-6-15(21)7-5-14/h4-9H,10H2,1-3H3,(H,22,26)(H,23,24,27). The minimum absolute atomic E-state index is 0.110. The molecule has 150 valence electrons. The molecule has 3 rings (SSSR count). The van der Waals surface area contributed by atoms with E-state index in [1.807, 2.05) is 32.9 Å². The van der Waals surface area contributed by atoms with Gasteiger partial charge in [0.1, 0.15) is 0 Å². The van der Waals surface area contributed by atoms with E-state index < -0.39 is 0 Å². The highest BCUT2D eigenvalue weighted by Gasteiger charge is 2.13. The fourth-order valence-corrected chi connectivity index (χ4v) is 4.58. The average Bonchev–Trinajstić information content (AvgIpc) is 3.11. The molecule has 0 aliphatic heterocycles. The maximum Gasteiger partial charge on any atom is 0.257 e. The van der Waals surface area contributed by atoms with E-state index in [1.54, 1.807) is 24.3 Å². The first kappa shape index (κ1) is 21.5. The molecule has 2 aromatic carbocycles. The van der Waals surface area contributed by atoms with Crippen LogP contribution in [0, 0.1) is 20.8 Å². The lowest BCUT2D eigenvalue weighted by Crippen LogP contribution is -2.15. The number of nitrogens with zero attached hydrogens (tertiary/aromatic N) is 2. The zero-order valence-electron chi connectivity index (χ0n) is 16.1. The number of amides is 2. The first-order valence-electron chi connectivity index (χ1n) is 8.73. The fourth-order valence-electron chi connectivity index (χ4n) is 2.77. The van der Waals surface area contributed by atoms with Crippen molar-refractivity contribution in [3.05, 3.63) is 63.1 Å². The van der Waals surface area contributed by atoms with Crippen molar-refractivity contribution < 1.29 is 9.59 Å². The molecule has 0 fully saturated rings. The first-order valence-corrected chi connectivity index (χ1v) is 11.3. The Morgan fingerprint density at radius 1 is 1.03 bits per heavy atom. The van der Waals surface area contributed by atoms with Crippen LogP contribution in [-0.2, 0) is 4.79 Å². The molecule has 9 heteroatoms. The van der Waals surface area contributed by atoms with Gasteiger partial charge in [-0.3, -0.25) is 14.9 Å². The molecule has 1 heterocycles. The Bertz CT molecular complexity index is 1030. The van der Waals surface area contributed by atoms with Crippen molar-refractivity contribution in [2.75, 3.05) is 16.4 Å². The fraction of sp³-hybridized carbons (Fsp3) is 0.200. The summed E-state index contributed by atoms with van der Waals surface area (Å²) in [5.41, 5.74) is 4.62. The van der Waals surface area contributed by atoms with Gasteiger partial charge in [0.05, 0.1) is 5.75 Å². The van der Waals surface area contributed by atoms with E-state index >= 15 is 0 Å². The quantitative estimate of drug-likeness (QED) is 0.366. The second-order valence-corrected chi connectivity index (χ2v) is 9.56. The number of thioether (sulfide) groups is 1. The smallest absolute Gasteiger partial charge is 0.257 e. The van der Waals surface area contributed by atoms with E-state index in [1.165, 1.54) is 28.7 Å². The molecule has 0 atom stereocenters. The van der Waals surface area contributed by atoms with Gasteiger partial charge in [-0.25, -0.2) is 0 Å². The highest BCUT2D eigenvalue weighted by atomic mass is 79.9. The van der Waals surface area contributed by atoms with Crippen LogP contribution in [0.3, 0.4) is 0 Å². The zero-order valence-corrected chi connectivity index (χ0v) is 19.3. The lowest BCUT2D eigenvalue weighted by Gasteiger charge is -2.12. The molecule has 1 aromatic heterocycles. The van der Waals surface area contributed by atoms with Crippen LogP contribution in [-0.4, -0.2) is 27.8 Å². The molecular weight excluding hydrogens is 472 g/mol. The number of carbonyl (C=O) groups is 2. The number of anilines is 2. The Labute approximate surface area is 185 Å². The minimum Gasteiger partial charge on any atom is -0.325 e. The van der Waals surface area contributed by atoms with Gasteiger partial charge in [-0.2, -0.15) is 0 Å². The Morgan fingerprint density at radius 2 is 1.69 bits per heavy atom. The average molecular weight is 491 g/mol. The van der Waals surface area contributed by atoms with Gasteiger partial charge < -0.3 is 5.32 Å². The molecular formula is C20H19BrN4O2S2. The number of benzene rings is 2. The van der Waals surface area contributed by atoms with Gasteiger partial charge in [-0.1, -0.05) is 56.7 Å². The molecule has 3 aromatic rings. The van der Waals surface area contributed by atoms with E-state index in [-0.39, 0.29) is 17.6 Å². The number of halogens is 1. The van der Waals surface area contributed by atoms with Crippen LogP contribution >= 0.6 is 39.0 Å². The predicted molar refractivity (Wildman–Crippen MR) is 122 cm³/mol. The Morgan fingerprint density at radius 3 is 2.34 bits per heavy atom. The second-order valence-electron chi connectivity index (χ2n) is 6.44. The third-order valence-electron chi connectivity index (χ3n) is 4.00. The third-order valence-corrected chi connectivity index (χ3v) is 6.50. The van der Waals surface area contributed by atoms with Crippen molar-refractivity contribution in [1.82, 2.24) is 10.2 Å². The highest BCUT2D eigenvalue weighted by Crippen LogP contribution is 2.27. The lowest BCUT2D eigenvalue weighted by atomic mass is 10.1. The van der Waals surface area contributed by atoms with Crippen LogP contribution in [0.15, 0.2) is 45.2 Å². The number of aromatic nitrogens is 2.